The van der Waals surface area contributed by atoms with Gasteiger partial charge in [0.15, 0.2) is 0 Å². The fourth-order valence-electron chi connectivity index (χ4n) is 1.90. The fraction of sp³-hybridized carbons (Fsp3) is 1.00. The van der Waals surface area contributed by atoms with Gasteiger partial charge in [-0.15, -0.1) is 0 Å². The van der Waals surface area contributed by atoms with Crippen molar-refractivity contribution in [2.45, 2.75) is 65.2 Å². The van der Waals surface area contributed by atoms with Gasteiger partial charge in [-0.1, -0.05) is 20.8 Å². The summed E-state index contributed by atoms with van der Waals surface area (Å²) in [5, 5.41) is 31.3. The quantitative estimate of drug-likeness (QED) is 0.539. The number of rotatable bonds is 7. The second kappa shape index (κ2) is 6.69. The third-order valence-corrected chi connectivity index (χ3v) is 2.62. The number of nitrogens with one attached hydrogen (secondary N) is 1. The number of hydrogen-bond acceptors (Lipinski definition) is 4. The van der Waals surface area contributed by atoms with Crippen molar-refractivity contribution < 1.29 is 15.3 Å². The largest absolute Gasteiger partial charge is 0.394 e. The average molecular weight is 247 g/mol. The zero-order valence-electron chi connectivity index (χ0n) is 11.8. The van der Waals surface area contributed by atoms with Gasteiger partial charge >= 0.3 is 0 Å². The summed E-state index contributed by atoms with van der Waals surface area (Å²) < 4.78 is 0. The molecule has 4 nitrogen and oxygen atoms in total. The van der Waals surface area contributed by atoms with E-state index in [2.05, 4.69) is 26.1 Å². The Morgan fingerprint density at radius 2 is 1.47 bits per heavy atom. The zero-order valence-corrected chi connectivity index (χ0v) is 11.8. The molecule has 4 N–H and O–H groups in total. The van der Waals surface area contributed by atoms with Crippen LogP contribution in [-0.2, 0) is 0 Å². The average Bonchev–Trinajstić information content (AvgIpc) is 2.11. The number of hydrogen-bond donors (Lipinski definition) is 4. The molecule has 0 fully saturated rings. The molecule has 4 heteroatoms. The Labute approximate surface area is 105 Å². The first-order valence-electron chi connectivity index (χ1n) is 6.28. The molecule has 0 bridgehead atoms. The smallest absolute Gasteiger partial charge is 0.0788 e. The van der Waals surface area contributed by atoms with Crippen molar-refractivity contribution in [3.05, 3.63) is 0 Å². The number of aliphatic hydroxyl groups excluding tert-OH is 3. The van der Waals surface area contributed by atoms with E-state index in [1.165, 1.54) is 0 Å². The van der Waals surface area contributed by atoms with Crippen LogP contribution in [0.25, 0.3) is 0 Å². The molecule has 0 aliphatic carbocycles. The highest BCUT2D eigenvalue weighted by Gasteiger charge is 2.23. The van der Waals surface area contributed by atoms with E-state index in [-0.39, 0.29) is 23.7 Å². The summed E-state index contributed by atoms with van der Waals surface area (Å²) in [5.41, 5.74) is -0.184. The first-order chi connectivity index (χ1) is 7.56. The molecular weight excluding hydrogens is 218 g/mol. The van der Waals surface area contributed by atoms with Crippen LogP contribution >= 0.6 is 0 Å². The lowest BCUT2D eigenvalue weighted by Crippen LogP contribution is -2.46. The summed E-state index contributed by atoms with van der Waals surface area (Å²) >= 11 is 0. The summed E-state index contributed by atoms with van der Waals surface area (Å²) in [7, 11) is 0. The molecule has 0 radical (unpaired) electrons. The van der Waals surface area contributed by atoms with Crippen molar-refractivity contribution in [2.75, 3.05) is 13.2 Å². The lowest BCUT2D eigenvalue weighted by molar-refractivity contribution is 0.0593. The van der Waals surface area contributed by atoms with E-state index in [4.69, 9.17) is 5.11 Å². The van der Waals surface area contributed by atoms with Crippen LogP contribution in [0.5, 0.6) is 0 Å². The standard InChI is InChI=1S/C13H29NO3/c1-12(2,3)6-10(16)8-14-13(4,5)7-11(17)9-15/h10-11,14-17H,6-9H2,1-5H3. The van der Waals surface area contributed by atoms with E-state index in [9.17, 15) is 10.2 Å². The van der Waals surface area contributed by atoms with Gasteiger partial charge < -0.3 is 20.6 Å². The lowest BCUT2D eigenvalue weighted by atomic mass is 9.88. The third kappa shape index (κ3) is 9.53. The van der Waals surface area contributed by atoms with E-state index in [0.29, 0.717) is 13.0 Å². The van der Waals surface area contributed by atoms with Crippen LogP contribution in [0.1, 0.15) is 47.5 Å². The van der Waals surface area contributed by atoms with Gasteiger partial charge in [0.1, 0.15) is 0 Å². The molecular formula is C13H29NO3. The van der Waals surface area contributed by atoms with Gasteiger partial charge in [0.25, 0.3) is 0 Å². The molecule has 0 aromatic carbocycles. The van der Waals surface area contributed by atoms with Gasteiger partial charge in [-0.25, -0.2) is 0 Å². The predicted octanol–water partition coefficient (Wildman–Crippen LogP) is 0.895. The third-order valence-electron chi connectivity index (χ3n) is 2.62. The molecule has 0 aromatic heterocycles. The lowest BCUT2D eigenvalue weighted by Gasteiger charge is -2.31. The number of aliphatic hydroxyl groups is 3. The van der Waals surface area contributed by atoms with Crippen LogP contribution in [0.3, 0.4) is 0 Å². The minimum atomic E-state index is -0.711. The Kier molecular flexibility index (Phi) is 6.62. The second-order valence-corrected chi connectivity index (χ2v) is 6.72. The van der Waals surface area contributed by atoms with Gasteiger partial charge in [-0.05, 0) is 32.1 Å². The molecule has 0 rings (SSSR count). The van der Waals surface area contributed by atoms with Gasteiger partial charge in [0.2, 0.25) is 0 Å². The van der Waals surface area contributed by atoms with Crippen LogP contribution < -0.4 is 5.32 Å². The van der Waals surface area contributed by atoms with Crippen LogP contribution in [0.2, 0.25) is 0 Å². The van der Waals surface area contributed by atoms with Crippen molar-refractivity contribution in [2.24, 2.45) is 5.41 Å². The maximum atomic E-state index is 9.87. The SMILES string of the molecule is CC(C)(C)CC(O)CNC(C)(C)CC(O)CO. The topological polar surface area (TPSA) is 72.7 Å². The molecule has 2 unspecified atom stereocenters. The molecule has 0 amide bonds. The highest BCUT2D eigenvalue weighted by Crippen LogP contribution is 2.21. The minimum Gasteiger partial charge on any atom is -0.394 e. The Morgan fingerprint density at radius 1 is 0.941 bits per heavy atom. The second-order valence-electron chi connectivity index (χ2n) is 6.72. The summed E-state index contributed by atoms with van der Waals surface area (Å²) in [6.07, 6.45) is 0.0995. The highest BCUT2D eigenvalue weighted by molar-refractivity contribution is 4.82. The van der Waals surface area contributed by atoms with Crippen molar-refractivity contribution >= 4 is 0 Å². The van der Waals surface area contributed by atoms with E-state index in [1.54, 1.807) is 0 Å². The molecule has 0 saturated carbocycles. The summed E-state index contributed by atoms with van der Waals surface area (Å²) in [6.45, 7) is 10.5. The molecule has 0 aliphatic rings. The predicted molar refractivity (Wildman–Crippen MR) is 69.9 cm³/mol. The van der Waals surface area contributed by atoms with Crippen LogP contribution in [-0.4, -0.2) is 46.2 Å². The summed E-state index contributed by atoms with van der Waals surface area (Å²) in [4.78, 5) is 0. The summed E-state index contributed by atoms with van der Waals surface area (Å²) in [6, 6.07) is 0. The molecule has 0 aliphatic heterocycles. The maximum Gasteiger partial charge on any atom is 0.0788 e. The van der Waals surface area contributed by atoms with Gasteiger partial charge in [-0.3, -0.25) is 0 Å². The van der Waals surface area contributed by atoms with Crippen molar-refractivity contribution in [3.63, 3.8) is 0 Å². The summed E-state index contributed by atoms with van der Waals surface area (Å²) in [5.74, 6) is 0. The van der Waals surface area contributed by atoms with Crippen LogP contribution in [0, 0.1) is 5.41 Å². The monoisotopic (exact) mass is 247 g/mol. The molecule has 0 aromatic rings. The first kappa shape index (κ1) is 16.8. The molecule has 0 spiro atoms. The maximum absolute atomic E-state index is 9.87. The normalized spacial score (nSPS) is 16.9. The Balaban J connectivity index is 4.00. The van der Waals surface area contributed by atoms with E-state index < -0.39 is 6.10 Å². The molecule has 104 valence electrons. The zero-order chi connectivity index (χ0) is 13.7. The minimum absolute atomic E-state index is 0.107. The van der Waals surface area contributed by atoms with Crippen molar-refractivity contribution in [1.29, 1.82) is 0 Å². The molecule has 2 atom stereocenters. The van der Waals surface area contributed by atoms with Crippen molar-refractivity contribution in [1.82, 2.24) is 5.32 Å². The van der Waals surface area contributed by atoms with E-state index >= 15 is 0 Å². The molecule has 0 heterocycles. The first-order valence-corrected chi connectivity index (χ1v) is 6.28. The van der Waals surface area contributed by atoms with Gasteiger partial charge in [0, 0.05) is 12.1 Å². The molecule has 17 heavy (non-hydrogen) atoms. The van der Waals surface area contributed by atoms with Crippen molar-refractivity contribution in [3.8, 4) is 0 Å². The Morgan fingerprint density at radius 3 is 1.88 bits per heavy atom. The van der Waals surface area contributed by atoms with E-state index in [0.717, 1.165) is 6.42 Å². The Bertz CT molecular complexity index is 211. The highest BCUT2D eigenvalue weighted by atomic mass is 16.3. The van der Waals surface area contributed by atoms with E-state index in [1.807, 2.05) is 13.8 Å². The Hall–Kier alpha value is -0.160. The van der Waals surface area contributed by atoms with Crippen LogP contribution in [0.4, 0.5) is 0 Å². The van der Waals surface area contributed by atoms with Gasteiger partial charge in [0.05, 0.1) is 18.8 Å². The van der Waals surface area contributed by atoms with Gasteiger partial charge in [-0.2, -0.15) is 0 Å². The van der Waals surface area contributed by atoms with Crippen LogP contribution in [0.15, 0.2) is 0 Å². The number of β-amino-alcohol motifs (C(OH)–C–C–N with tert-alkyl or cyclic N) is 1. The molecule has 0 saturated heterocycles. The fourth-order valence-corrected chi connectivity index (χ4v) is 1.90.